The van der Waals surface area contributed by atoms with Crippen molar-refractivity contribution in [1.82, 2.24) is 20.4 Å². The van der Waals surface area contributed by atoms with Crippen molar-refractivity contribution in [2.24, 2.45) is 0 Å². The number of rotatable bonds is 4. The largest absolute Gasteiger partial charge is 0.416 e. The van der Waals surface area contributed by atoms with E-state index in [9.17, 15) is 22.8 Å². The molecule has 2 heterocycles. The van der Waals surface area contributed by atoms with Crippen molar-refractivity contribution in [1.29, 1.82) is 0 Å². The van der Waals surface area contributed by atoms with Gasteiger partial charge in [-0.1, -0.05) is 12.1 Å². The van der Waals surface area contributed by atoms with Crippen LogP contribution in [0.2, 0.25) is 0 Å². The predicted octanol–water partition coefficient (Wildman–Crippen LogP) is 2.14. The van der Waals surface area contributed by atoms with Crippen molar-refractivity contribution in [3.8, 4) is 0 Å². The van der Waals surface area contributed by atoms with E-state index in [0.717, 1.165) is 23.4 Å². The van der Waals surface area contributed by atoms with Gasteiger partial charge in [-0.2, -0.15) is 18.3 Å². The van der Waals surface area contributed by atoms with Crippen LogP contribution in [0.5, 0.6) is 0 Å². The summed E-state index contributed by atoms with van der Waals surface area (Å²) in [5, 5.41) is 9.27. The number of aromatic amines is 1. The topological polar surface area (TPSA) is 78.1 Å². The van der Waals surface area contributed by atoms with Gasteiger partial charge in [0.1, 0.15) is 0 Å². The van der Waals surface area contributed by atoms with E-state index in [0.29, 0.717) is 25.1 Å². The Kier molecular flexibility index (Phi) is 5.29. The van der Waals surface area contributed by atoms with Gasteiger partial charge in [-0.15, -0.1) is 0 Å². The zero-order chi connectivity index (χ0) is 19.4. The Balaban J connectivity index is 1.48. The Morgan fingerprint density at radius 1 is 1.26 bits per heavy atom. The maximum atomic E-state index is 12.5. The molecular weight excluding hydrogens is 361 g/mol. The van der Waals surface area contributed by atoms with Crippen LogP contribution in [0.15, 0.2) is 36.5 Å². The number of nitrogens with one attached hydrogen (secondary N) is 2. The molecule has 0 saturated heterocycles. The maximum absolute atomic E-state index is 12.5. The van der Waals surface area contributed by atoms with E-state index < -0.39 is 17.6 Å². The van der Waals surface area contributed by atoms with E-state index in [1.807, 2.05) is 0 Å². The fourth-order valence-electron chi connectivity index (χ4n) is 2.72. The molecule has 9 heteroatoms. The molecular formula is C18H17F3N4O2. The van der Waals surface area contributed by atoms with Gasteiger partial charge in [-0.05, 0) is 35.8 Å². The van der Waals surface area contributed by atoms with Crippen molar-refractivity contribution in [2.75, 3.05) is 13.1 Å². The van der Waals surface area contributed by atoms with Crippen LogP contribution in [0.3, 0.4) is 0 Å². The minimum Gasteiger partial charge on any atom is -0.343 e. The lowest BCUT2D eigenvalue weighted by Gasteiger charge is -2.26. The molecule has 27 heavy (non-hydrogen) atoms. The molecule has 3 rings (SSSR count). The number of alkyl halides is 3. The van der Waals surface area contributed by atoms with Crippen LogP contribution in [0.25, 0.3) is 6.08 Å². The fraction of sp³-hybridized carbons (Fsp3) is 0.278. The van der Waals surface area contributed by atoms with Crippen LogP contribution in [-0.2, 0) is 28.7 Å². The second-order valence-corrected chi connectivity index (χ2v) is 6.11. The van der Waals surface area contributed by atoms with E-state index in [4.69, 9.17) is 0 Å². The van der Waals surface area contributed by atoms with E-state index >= 15 is 0 Å². The highest BCUT2D eigenvalue weighted by molar-refractivity contribution is 5.94. The Labute approximate surface area is 153 Å². The number of carbonyl (C=O) groups excluding carboxylic acids is 2. The highest BCUT2D eigenvalue weighted by Gasteiger charge is 2.29. The molecule has 2 amide bonds. The van der Waals surface area contributed by atoms with Gasteiger partial charge in [-0.3, -0.25) is 14.7 Å². The molecule has 1 aromatic heterocycles. The van der Waals surface area contributed by atoms with E-state index in [1.54, 1.807) is 11.1 Å². The highest BCUT2D eigenvalue weighted by Crippen LogP contribution is 2.29. The number of aromatic nitrogens is 2. The maximum Gasteiger partial charge on any atom is 0.416 e. The molecule has 0 unspecified atom stereocenters. The van der Waals surface area contributed by atoms with Crippen molar-refractivity contribution < 1.29 is 22.8 Å². The van der Waals surface area contributed by atoms with Crippen LogP contribution in [-0.4, -0.2) is 40.0 Å². The molecule has 1 aromatic carbocycles. The first-order valence-corrected chi connectivity index (χ1v) is 8.25. The van der Waals surface area contributed by atoms with Gasteiger partial charge in [0.2, 0.25) is 11.8 Å². The third-order valence-corrected chi connectivity index (χ3v) is 4.24. The molecule has 6 nitrogen and oxygen atoms in total. The molecule has 0 aliphatic carbocycles. The molecule has 1 aliphatic rings. The number of H-pyrrole nitrogens is 1. The number of amides is 2. The van der Waals surface area contributed by atoms with E-state index in [-0.39, 0.29) is 12.5 Å². The summed E-state index contributed by atoms with van der Waals surface area (Å²) in [6.45, 7) is 0.827. The lowest BCUT2D eigenvalue weighted by atomic mass is 10.1. The number of nitrogens with zero attached hydrogens (tertiary/aromatic N) is 2. The molecule has 0 spiro atoms. The average molecular weight is 378 g/mol. The second-order valence-electron chi connectivity index (χ2n) is 6.11. The minimum absolute atomic E-state index is 0.153. The monoisotopic (exact) mass is 378 g/mol. The third kappa shape index (κ3) is 4.75. The van der Waals surface area contributed by atoms with Crippen molar-refractivity contribution >= 4 is 17.9 Å². The van der Waals surface area contributed by atoms with Gasteiger partial charge in [0, 0.05) is 12.6 Å². The molecule has 0 atom stereocenters. The van der Waals surface area contributed by atoms with Crippen molar-refractivity contribution in [3.63, 3.8) is 0 Å². The first kappa shape index (κ1) is 18.7. The highest BCUT2D eigenvalue weighted by atomic mass is 19.4. The quantitative estimate of drug-likeness (QED) is 0.801. The summed E-state index contributed by atoms with van der Waals surface area (Å²) in [6.07, 6.45) is 0.618. The van der Waals surface area contributed by atoms with Crippen LogP contribution in [0, 0.1) is 0 Å². The van der Waals surface area contributed by atoms with Crippen LogP contribution >= 0.6 is 0 Å². The van der Waals surface area contributed by atoms with Gasteiger partial charge in [-0.25, -0.2) is 0 Å². The number of hydrogen-bond donors (Lipinski definition) is 2. The number of carbonyl (C=O) groups is 2. The number of fused-ring (bicyclic) bond motifs is 1. The summed E-state index contributed by atoms with van der Waals surface area (Å²) in [4.78, 5) is 25.6. The summed E-state index contributed by atoms with van der Waals surface area (Å²) >= 11 is 0. The molecule has 2 N–H and O–H groups in total. The standard InChI is InChI=1S/C18H17F3N4O2/c19-18(20,21)14-4-1-12(2-5-14)3-6-16(26)22-10-17(27)25-8-7-13-9-23-24-15(13)11-25/h1-6,9H,7-8,10-11H2,(H,22,26)(H,23,24)/b6-3+. The van der Waals surface area contributed by atoms with E-state index in [2.05, 4.69) is 15.5 Å². The minimum atomic E-state index is -4.40. The smallest absolute Gasteiger partial charge is 0.343 e. The Morgan fingerprint density at radius 3 is 2.70 bits per heavy atom. The molecule has 1 aliphatic heterocycles. The van der Waals surface area contributed by atoms with Gasteiger partial charge in [0.25, 0.3) is 0 Å². The molecule has 142 valence electrons. The zero-order valence-corrected chi connectivity index (χ0v) is 14.2. The number of halogens is 3. The lowest BCUT2D eigenvalue weighted by molar-refractivity contribution is -0.137. The van der Waals surface area contributed by atoms with Crippen LogP contribution in [0.1, 0.15) is 22.4 Å². The Bertz CT molecular complexity index is 856. The van der Waals surface area contributed by atoms with Crippen molar-refractivity contribution in [2.45, 2.75) is 19.1 Å². The van der Waals surface area contributed by atoms with Gasteiger partial charge >= 0.3 is 6.18 Å². The predicted molar refractivity (Wildman–Crippen MR) is 91.2 cm³/mol. The summed E-state index contributed by atoms with van der Waals surface area (Å²) in [7, 11) is 0. The molecule has 0 saturated carbocycles. The zero-order valence-electron chi connectivity index (χ0n) is 14.2. The summed E-state index contributed by atoms with van der Waals surface area (Å²) in [5.74, 6) is -0.714. The van der Waals surface area contributed by atoms with Crippen LogP contribution in [0.4, 0.5) is 13.2 Å². The van der Waals surface area contributed by atoms with E-state index in [1.165, 1.54) is 24.3 Å². The SMILES string of the molecule is O=C(/C=C/c1ccc(C(F)(F)F)cc1)NCC(=O)N1CCc2cn[nH]c2C1. The molecule has 0 fully saturated rings. The third-order valence-electron chi connectivity index (χ3n) is 4.24. The number of benzene rings is 1. The first-order chi connectivity index (χ1) is 12.8. The molecule has 0 radical (unpaired) electrons. The fourth-order valence-corrected chi connectivity index (χ4v) is 2.72. The first-order valence-electron chi connectivity index (χ1n) is 8.25. The summed E-state index contributed by atoms with van der Waals surface area (Å²) in [5.41, 5.74) is 1.68. The van der Waals surface area contributed by atoms with Crippen LogP contribution < -0.4 is 5.32 Å². The van der Waals surface area contributed by atoms with Gasteiger partial charge in [0.15, 0.2) is 0 Å². The van der Waals surface area contributed by atoms with Gasteiger partial charge < -0.3 is 10.2 Å². The lowest BCUT2D eigenvalue weighted by Crippen LogP contribution is -2.42. The summed E-state index contributed by atoms with van der Waals surface area (Å²) in [6, 6.07) is 4.43. The normalized spacial score (nSPS) is 14.3. The average Bonchev–Trinajstić information content (AvgIpc) is 3.11. The van der Waals surface area contributed by atoms with Crippen molar-refractivity contribution in [3.05, 3.63) is 58.9 Å². The molecule has 2 aromatic rings. The second kappa shape index (κ2) is 7.65. The Morgan fingerprint density at radius 2 is 2.00 bits per heavy atom. The Hall–Kier alpha value is -3.10. The summed E-state index contributed by atoms with van der Waals surface area (Å²) < 4.78 is 37.5. The molecule has 0 bridgehead atoms. The number of hydrogen-bond acceptors (Lipinski definition) is 3. The van der Waals surface area contributed by atoms with Gasteiger partial charge in [0.05, 0.1) is 30.5 Å².